The van der Waals surface area contributed by atoms with Crippen LogP contribution in [0.15, 0.2) is 23.1 Å². The lowest BCUT2D eigenvalue weighted by atomic mass is 10.3. The topological polar surface area (TPSA) is 80.5 Å². The molecule has 0 aliphatic carbocycles. The summed E-state index contributed by atoms with van der Waals surface area (Å²) >= 11 is 0. The van der Waals surface area contributed by atoms with E-state index in [-0.39, 0.29) is 18.0 Å². The molecule has 0 saturated heterocycles. The van der Waals surface area contributed by atoms with Crippen LogP contribution in [-0.4, -0.2) is 30.7 Å². The Labute approximate surface area is 110 Å². The van der Waals surface area contributed by atoms with Crippen molar-refractivity contribution in [3.8, 4) is 12.3 Å². The summed E-state index contributed by atoms with van der Waals surface area (Å²) in [5.41, 5.74) is -0.891. The number of sulfonamides is 1. The third-order valence-corrected chi connectivity index (χ3v) is 4.29. The smallest absolute Gasteiger partial charge is 0.258 e. The Kier molecular flexibility index (Phi) is 4.58. The first-order chi connectivity index (χ1) is 8.84. The van der Waals surface area contributed by atoms with E-state index in [4.69, 9.17) is 6.42 Å². The van der Waals surface area contributed by atoms with Gasteiger partial charge < -0.3 is 0 Å². The van der Waals surface area contributed by atoms with Gasteiger partial charge in [0.15, 0.2) is 0 Å². The molecule has 0 spiro atoms. The van der Waals surface area contributed by atoms with Gasteiger partial charge in [-0.3, -0.25) is 10.1 Å². The summed E-state index contributed by atoms with van der Waals surface area (Å²) in [6.45, 7) is 1.52. The normalized spacial score (nSPS) is 11.3. The van der Waals surface area contributed by atoms with Crippen molar-refractivity contribution in [2.45, 2.75) is 11.8 Å². The fourth-order valence-corrected chi connectivity index (χ4v) is 2.79. The van der Waals surface area contributed by atoms with Crippen LogP contribution in [0.4, 0.5) is 10.1 Å². The minimum Gasteiger partial charge on any atom is -0.258 e. The van der Waals surface area contributed by atoms with Gasteiger partial charge in [0.25, 0.3) is 0 Å². The number of nitro groups is 1. The van der Waals surface area contributed by atoms with Gasteiger partial charge in [0.1, 0.15) is 0 Å². The van der Waals surface area contributed by atoms with E-state index in [2.05, 4.69) is 5.92 Å². The first kappa shape index (κ1) is 15.1. The molecule has 0 bridgehead atoms. The van der Waals surface area contributed by atoms with Crippen LogP contribution in [0.3, 0.4) is 0 Å². The van der Waals surface area contributed by atoms with Crippen LogP contribution in [0.1, 0.15) is 6.92 Å². The van der Waals surface area contributed by atoms with E-state index in [0.717, 1.165) is 16.4 Å². The number of rotatable bonds is 5. The van der Waals surface area contributed by atoms with Crippen molar-refractivity contribution < 1.29 is 17.7 Å². The molecule has 0 aliphatic rings. The average molecular weight is 286 g/mol. The van der Waals surface area contributed by atoms with E-state index in [1.165, 1.54) is 0 Å². The van der Waals surface area contributed by atoms with Crippen molar-refractivity contribution in [1.82, 2.24) is 4.31 Å². The highest BCUT2D eigenvalue weighted by atomic mass is 32.2. The Bertz CT molecular complexity index is 637. The second-order valence-corrected chi connectivity index (χ2v) is 5.44. The third-order valence-electron chi connectivity index (χ3n) is 2.37. The predicted molar refractivity (Wildman–Crippen MR) is 66.3 cm³/mol. The number of hydrogen-bond donors (Lipinski definition) is 0. The molecule has 19 heavy (non-hydrogen) atoms. The van der Waals surface area contributed by atoms with Gasteiger partial charge in [0.05, 0.1) is 16.4 Å². The molecule has 0 saturated carbocycles. The van der Waals surface area contributed by atoms with Crippen molar-refractivity contribution >= 4 is 15.7 Å². The standard InChI is InChI=1S/C11H11FN2O4S/c1-3-7-13(4-2)19(17,18)9-5-6-10(12)11(8-9)14(15)16/h1,5-6,8H,4,7H2,2H3. The third kappa shape index (κ3) is 3.07. The molecule has 0 unspecified atom stereocenters. The zero-order valence-corrected chi connectivity index (χ0v) is 10.9. The summed E-state index contributed by atoms with van der Waals surface area (Å²) in [6, 6.07) is 2.40. The summed E-state index contributed by atoms with van der Waals surface area (Å²) in [5.74, 6) is 1.09. The van der Waals surface area contributed by atoms with E-state index in [1.807, 2.05) is 0 Å². The number of hydrogen-bond acceptors (Lipinski definition) is 4. The zero-order chi connectivity index (χ0) is 14.6. The van der Waals surface area contributed by atoms with E-state index < -0.39 is 26.5 Å². The maximum atomic E-state index is 13.2. The lowest BCUT2D eigenvalue weighted by Gasteiger charge is -2.17. The largest absolute Gasteiger partial charge is 0.306 e. The van der Waals surface area contributed by atoms with Crippen molar-refractivity contribution in [2.24, 2.45) is 0 Å². The first-order valence-electron chi connectivity index (χ1n) is 5.22. The molecule has 6 nitrogen and oxygen atoms in total. The monoisotopic (exact) mass is 286 g/mol. The molecule has 0 heterocycles. The number of nitrogens with zero attached hydrogens (tertiary/aromatic N) is 2. The average Bonchev–Trinajstić information content (AvgIpc) is 2.35. The number of nitro benzene ring substituents is 1. The molecule has 1 aromatic carbocycles. The lowest BCUT2D eigenvalue weighted by molar-refractivity contribution is -0.387. The molecular formula is C11H11FN2O4S. The summed E-state index contributed by atoms with van der Waals surface area (Å²) in [4.78, 5) is 9.25. The van der Waals surface area contributed by atoms with E-state index >= 15 is 0 Å². The van der Waals surface area contributed by atoms with Crippen molar-refractivity contribution in [2.75, 3.05) is 13.1 Å². The van der Waals surface area contributed by atoms with Crippen LogP contribution in [0.2, 0.25) is 0 Å². The molecule has 0 radical (unpaired) electrons. The quantitative estimate of drug-likeness (QED) is 0.465. The Morgan fingerprint density at radius 3 is 2.63 bits per heavy atom. The van der Waals surface area contributed by atoms with Gasteiger partial charge >= 0.3 is 5.69 Å². The molecule has 0 atom stereocenters. The van der Waals surface area contributed by atoms with Gasteiger partial charge in [-0.2, -0.15) is 8.70 Å². The van der Waals surface area contributed by atoms with Gasteiger partial charge in [-0.15, -0.1) is 6.42 Å². The van der Waals surface area contributed by atoms with Crippen LogP contribution in [0.25, 0.3) is 0 Å². The molecule has 1 aromatic rings. The van der Waals surface area contributed by atoms with Crippen LogP contribution in [0, 0.1) is 28.3 Å². The fourth-order valence-electron chi connectivity index (χ4n) is 1.41. The van der Waals surface area contributed by atoms with E-state index in [1.54, 1.807) is 6.92 Å². The summed E-state index contributed by atoms with van der Waals surface area (Å²) < 4.78 is 38.4. The Hall–Kier alpha value is -1.98. The molecule has 0 aromatic heterocycles. The van der Waals surface area contributed by atoms with Crippen LogP contribution < -0.4 is 0 Å². The van der Waals surface area contributed by atoms with E-state index in [9.17, 15) is 22.9 Å². The van der Waals surface area contributed by atoms with Crippen LogP contribution in [0.5, 0.6) is 0 Å². The van der Waals surface area contributed by atoms with Crippen LogP contribution in [-0.2, 0) is 10.0 Å². The Morgan fingerprint density at radius 2 is 2.16 bits per heavy atom. The molecule has 8 heteroatoms. The molecule has 1 rings (SSSR count). The number of terminal acetylenes is 1. The first-order valence-corrected chi connectivity index (χ1v) is 6.66. The molecular weight excluding hydrogens is 275 g/mol. The lowest BCUT2D eigenvalue weighted by Crippen LogP contribution is -2.31. The predicted octanol–water partition coefficient (Wildman–Crippen LogP) is 1.38. The van der Waals surface area contributed by atoms with Gasteiger partial charge in [-0.05, 0) is 12.1 Å². The molecule has 102 valence electrons. The molecule has 0 amide bonds. The maximum Gasteiger partial charge on any atom is 0.306 e. The Balaban J connectivity index is 3.34. The van der Waals surface area contributed by atoms with Crippen molar-refractivity contribution in [3.63, 3.8) is 0 Å². The fraction of sp³-hybridized carbons (Fsp3) is 0.273. The zero-order valence-electron chi connectivity index (χ0n) is 10.0. The number of benzene rings is 1. The van der Waals surface area contributed by atoms with Gasteiger partial charge in [0.2, 0.25) is 15.8 Å². The van der Waals surface area contributed by atoms with Crippen molar-refractivity contribution in [1.29, 1.82) is 0 Å². The minimum absolute atomic E-state index is 0.109. The van der Waals surface area contributed by atoms with E-state index in [0.29, 0.717) is 6.07 Å². The van der Waals surface area contributed by atoms with Gasteiger partial charge in [-0.25, -0.2) is 8.42 Å². The highest BCUT2D eigenvalue weighted by Gasteiger charge is 2.26. The molecule has 0 fully saturated rings. The summed E-state index contributed by atoms with van der Waals surface area (Å²) in [6.07, 6.45) is 5.06. The SMILES string of the molecule is C#CCN(CC)S(=O)(=O)c1ccc(F)c([N+](=O)[O-])c1. The second-order valence-electron chi connectivity index (χ2n) is 3.51. The Morgan fingerprint density at radius 1 is 1.53 bits per heavy atom. The second kappa shape index (κ2) is 5.77. The molecule has 0 N–H and O–H groups in total. The number of halogens is 1. The van der Waals surface area contributed by atoms with Gasteiger partial charge in [-0.1, -0.05) is 12.8 Å². The highest BCUT2D eigenvalue weighted by molar-refractivity contribution is 7.89. The summed E-state index contributed by atoms with van der Waals surface area (Å²) in [7, 11) is -3.97. The minimum atomic E-state index is -3.97. The van der Waals surface area contributed by atoms with Gasteiger partial charge in [0, 0.05) is 12.6 Å². The molecule has 0 aliphatic heterocycles. The highest BCUT2D eigenvalue weighted by Crippen LogP contribution is 2.23. The van der Waals surface area contributed by atoms with Crippen molar-refractivity contribution in [3.05, 3.63) is 34.1 Å². The summed E-state index contributed by atoms with van der Waals surface area (Å²) in [5, 5.41) is 10.6. The maximum absolute atomic E-state index is 13.2. The van der Waals surface area contributed by atoms with Crippen LogP contribution >= 0.6 is 0 Å².